The second-order valence-corrected chi connectivity index (χ2v) is 5.75. The van der Waals surface area contributed by atoms with E-state index in [0.717, 1.165) is 6.42 Å². The third-order valence-electron chi connectivity index (χ3n) is 3.27. The number of carboxylic acid groups (broad SMARTS) is 1. The molecule has 0 saturated heterocycles. The first-order valence-corrected chi connectivity index (χ1v) is 6.28. The molecule has 5 nitrogen and oxygen atoms in total. The van der Waals surface area contributed by atoms with Gasteiger partial charge in [-0.1, -0.05) is 25.4 Å². The molecule has 1 unspecified atom stereocenters. The molecule has 0 bridgehead atoms. The molecule has 2 rings (SSSR count). The molecular weight excluding hydrogens is 268 g/mol. The Balaban J connectivity index is 2.01. The van der Waals surface area contributed by atoms with E-state index in [4.69, 9.17) is 16.7 Å². The number of hydrogen-bond acceptors (Lipinski definition) is 2. The number of rotatable bonds is 3. The van der Waals surface area contributed by atoms with Crippen molar-refractivity contribution < 1.29 is 14.7 Å². The first-order valence-electron chi connectivity index (χ1n) is 5.90. The van der Waals surface area contributed by atoms with Crippen molar-refractivity contribution in [2.75, 3.05) is 5.32 Å². The van der Waals surface area contributed by atoms with Crippen LogP contribution in [0.5, 0.6) is 0 Å². The summed E-state index contributed by atoms with van der Waals surface area (Å²) < 4.78 is 0. The van der Waals surface area contributed by atoms with E-state index in [1.54, 1.807) is 6.07 Å². The predicted molar refractivity (Wildman–Crippen MR) is 72.8 cm³/mol. The largest absolute Gasteiger partial charge is 0.478 e. The summed E-state index contributed by atoms with van der Waals surface area (Å²) in [6, 6.07) is 4.17. The number of amides is 2. The lowest BCUT2D eigenvalue weighted by molar-refractivity contribution is 0.0697. The molecule has 0 aromatic heterocycles. The molecule has 0 heterocycles. The van der Waals surface area contributed by atoms with Crippen LogP contribution in [-0.2, 0) is 0 Å². The lowest BCUT2D eigenvalue weighted by Gasteiger charge is -2.10. The van der Waals surface area contributed by atoms with Crippen LogP contribution in [0.25, 0.3) is 0 Å². The van der Waals surface area contributed by atoms with Crippen LogP contribution in [-0.4, -0.2) is 23.1 Å². The number of carboxylic acids is 1. The Hall–Kier alpha value is -1.75. The molecule has 0 radical (unpaired) electrons. The maximum Gasteiger partial charge on any atom is 0.337 e. The first kappa shape index (κ1) is 13.7. The third kappa shape index (κ3) is 3.17. The molecule has 102 valence electrons. The van der Waals surface area contributed by atoms with E-state index < -0.39 is 5.97 Å². The summed E-state index contributed by atoms with van der Waals surface area (Å²) >= 11 is 5.75. The monoisotopic (exact) mass is 282 g/mol. The molecule has 1 aromatic rings. The molecule has 1 atom stereocenters. The maximum absolute atomic E-state index is 11.7. The van der Waals surface area contributed by atoms with Gasteiger partial charge in [-0.15, -0.1) is 0 Å². The van der Waals surface area contributed by atoms with Gasteiger partial charge in [-0.2, -0.15) is 0 Å². The molecular formula is C13H15ClN2O3. The zero-order chi connectivity index (χ0) is 14.2. The lowest BCUT2D eigenvalue weighted by Crippen LogP contribution is -2.32. The minimum atomic E-state index is -1.13. The van der Waals surface area contributed by atoms with Crippen molar-refractivity contribution >= 4 is 29.3 Å². The maximum atomic E-state index is 11.7. The van der Waals surface area contributed by atoms with Gasteiger partial charge in [0.15, 0.2) is 0 Å². The fraction of sp³-hybridized carbons (Fsp3) is 0.385. The number of halogens is 1. The normalized spacial score (nSPS) is 19.6. The van der Waals surface area contributed by atoms with Crippen molar-refractivity contribution in [2.45, 2.75) is 26.3 Å². The average molecular weight is 283 g/mol. The Morgan fingerprint density at radius 3 is 2.58 bits per heavy atom. The van der Waals surface area contributed by atoms with Crippen LogP contribution in [0, 0.1) is 5.41 Å². The van der Waals surface area contributed by atoms with Crippen molar-refractivity contribution in [3.8, 4) is 0 Å². The molecule has 3 N–H and O–H groups in total. The molecule has 1 saturated carbocycles. The summed E-state index contributed by atoms with van der Waals surface area (Å²) in [5.41, 5.74) is 0.507. The molecule has 1 aliphatic rings. The Labute approximate surface area is 116 Å². The van der Waals surface area contributed by atoms with Gasteiger partial charge in [0.25, 0.3) is 0 Å². The van der Waals surface area contributed by atoms with Gasteiger partial charge in [0, 0.05) is 11.7 Å². The lowest BCUT2D eigenvalue weighted by atomic mass is 10.2. The third-order valence-corrected chi connectivity index (χ3v) is 3.60. The van der Waals surface area contributed by atoms with Crippen LogP contribution < -0.4 is 10.6 Å². The second-order valence-electron chi connectivity index (χ2n) is 5.34. The fourth-order valence-electron chi connectivity index (χ4n) is 1.81. The SMILES string of the molecule is CC1(C)CC1NC(=O)Nc1ccc(Cl)c(C(=O)O)c1. The Morgan fingerprint density at radius 2 is 2.05 bits per heavy atom. The number of benzene rings is 1. The number of carbonyl (C=O) groups excluding carboxylic acids is 1. The zero-order valence-electron chi connectivity index (χ0n) is 10.7. The van der Waals surface area contributed by atoms with E-state index in [0.29, 0.717) is 5.69 Å². The molecule has 6 heteroatoms. The Kier molecular flexibility index (Phi) is 3.41. The minimum Gasteiger partial charge on any atom is -0.478 e. The van der Waals surface area contributed by atoms with Crippen LogP contribution in [0.4, 0.5) is 10.5 Å². The number of carbonyl (C=O) groups is 2. The smallest absolute Gasteiger partial charge is 0.337 e. The molecule has 0 spiro atoms. The first-order chi connectivity index (χ1) is 8.79. The number of hydrogen-bond donors (Lipinski definition) is 3. The quantitative estimate of drug-likeness (QED) is 0.797. The van der Waals surface area contributed by atoms with Crippen molar-refractivity contribution in [3.63, 3.8) is 0 Å². The van der Waals surface area contributed by atoms with Crippen LogP contribution in [0.1, 0.15) is 30.6 Å². The highest BCUT2D eigenvalue weighted by molar-refractivity contribution is 6.33. The van der Waals surface area contributed by atoms with E-state index in [2.05, 4.69) is 24.5 Å². The standard InChI is InChI=1S/C13H15ClN2O3/c1-13(2)6-10(13)16-12(19)15-7-3-4-9(14)8(5-7)11(17)18/h3-5,10H,6H2,1-2H3,(H,17,18)(H2,15,16,19). The van der Waals surface area contributed by atoms with Crippen molar-refractivity contribution in [3.05, 3.63) is 28.8 Å². The van der Waals surface area contributed by atoms with Gasteiger partial charge in [-0.3, -0.25) is 0 Å². The van der Waals surface area contributed by atoms with Crippen LogP contribution in [0.2, 0.25) is 5.02 Å². The fourth-order valence-corrected chi connectivity index (χ4v) is 2.00. The summed E-state index contributed by atoms with van der Waals surface area (Å²) in [7, 11) is 0. The van der Waals surface area contributed by atoms with E-state index in [1.807, 2.05) is 0 Å². The summed E-state index contributed by atoms with van der Waals surface area (Å²) in [5, 5.41) is 14.5. The average Bonchev–Trinajstić information content (AvgIpc) is 2.88. The van der Waals surface area contributed by atoms with Crippen LogP contribution >= 0.6 is 11.6 Å². The number of aromatic carboxylic acids is 1. The van der Waals surface area contributed by atoms with Gasteiger partial charge in [0.1, 0.15) is 0 Å². The zero-order valence-corrected chi connectivity index (χ0v) is 11.4. The Morgan fingerprint density at radius 1 is 1.42 bits per heavy atom. The van der Waals surface area contributed by atoms with Crippen molar-refractivity contribution in [1.82, 2.24) is 5.32 Å². The molecule has 2 amide bonds. The molecule has 1 aliphatic carbocycles. The van der Waals surface area contributed by atoms with Crippen molar-refractivity contribution in [1.29, 1.82) is 0 Å². The summed E-state index contributed by atoms with van der Waals surface area (Å²) in [5.74, 6) is -1.13. The highest BCUT2D eigenvalue weighted by Gasteiger charge is 2.46. The van der Waals surface area contributed by atoms with Gasteiger partial charge in [0.05, 0.1) is 10.6 Å². The highest BCUT2D eigenvalue weighted by Crippen LogP contribution is 2.44. The Bertz CT molecular complexity index is 543. The minimum absolute atomic E-state index is 0.0359. The van der Waals surface area contributed by atoms with E-state index in [1.165, 1.54) is 12.1 Å². The number of urea groups is 1. The summed E-state index contributed by atoms with van der Waals surface area (Å²) in [6.07, 6.45) is 0.946. The van der Waals surface area contributed by atoms with Crippen LogP contribution in [0.15, 0.2) is 18.2 Å². The van der Waals surface area contributed by atoms with E-state index >= 15 is 0 Å². The van der Waals surface area contributed by atoms with Crippen molar-refractivity contribution in [2.24, 2.45) is 5.41 Å². The van der Waals surface area contributed by atoms with Gasteiger partial charge in [-0.05, 0) is 30.0 Å². The summed E-state index contributed by atoms with van der Waals surface area (Å²) in [6.45, 7) is 4.14. The predicted octanol–water partition coefficient (Wildman–Crippen LogP) is 2.96. The van der Waals surface area contributed by atoms with Gasteiger partial charge in [0.2, 0.25) is 0 Å². The van der Waals surface area contributed by atoms with E-state index in [-0.39, 0.29) is 28.1 Å². The summed E-state index contributed by atoms with van der Waals surface area (Å²) in [4.78, 5) is 22.6. The number of anilines is 1. The molecule has 19 heavy (non-hydrogen) atoms. The van der Waals surface area contributed by atoms with Gasteiger partial charge in [-0.25, -0.2) is 9.59 Å². The number of nitrogens with one attached hydrogen (secondary N) is 2. The molecule has 1 aromatic carbocycles. The van der Waals surface area contributed by atoms with Gasteiger partial charge >= 0.3 is 12.0 Å². The topological polar surface area (TPSA) is 78.4 Å². The second kappa shape index (κ2) is 4.74. The van der Waals surface area contributed by atoms with Crippen LogP contribution in [0.3, 0.4) is 0 Å². The highest BCUT2D eigenvalue weighted by atomic mass is 35.5. The molecule has 0 aliphatic heterocycles. The van der Waals surface area contributed by atoms with Gasteiger partial charge < -0.3 is 15.7 Å². The molecule has 1 fully saturated rings. The van der Waals surface area contributed by atoms with E-state index in [9.17, 15) is 9.59 Å².